The van der Waals surface area contributed by atoms with Crippen molar-refractivity contribution in [2.45, 2.75) is 0 Å². The Kier molecular flexibility index (Phi) is 3.12. The second-order valence-electron chi connectivity index (χ2n) is 4.46. The van der Waals surface area contributed by atoms with Crippen LogP contribution in [0, 0.1) is 0 Å². The lowest BCUT2D eigenvalue weighted by molar-refractivity contribution is -0.362. The molecule has 96 valence electrons. The number of halogens is 1. The first-order valence-corrected chi connectivity index (χ1v) is 7.09. The fraction of sp³-hybridized carbons (Fsp3) is 0.143. The molecule has 0 bridgehead atoms. The van der Waals surface area contributed by atoms with Crippen molar-refractivity contribution in [2.75, 3.05) is 19.0 Å². The number of anilines is 1. The van der Waals surface area contributed by atoms with E-state index >= 15 is 0 Å². The van der Waals surface area contributed by atoms with E-state index in [9.17, 15) is 0 Å². The van der Waals surface area contributed by atoms with Crippen LogP contribution in [0.1, 0.15) is 0 Å². The zero-order valence-electron chi connectivity index (χ0n) is 10.6. The summed E-state index contributed by atoms with van der Waals surface area (Å²) in [6, 6.07) is 9.85. The minimum Gasteiger partial charge on any atom is -0.267 e. The molecule has 0 saturated heterocycles. The van der Waals surface area contributed by atoms with Gasteiger partial charge in [0, 0.05) is 5.02 Å². The number of benzene rings is 1. The van der Waals surface area contributed by atoms with E-state index in [0.717, 1.165) is 31.6 Å². The molecule has 5 heteroatoms. The Balaban J connectivity index is 2.19. The molecule has 1 N–H and O–H groups in total. The highest BCUT2D eigenvalue weighted by atomic mass is 35.5. The SMILES string of the molecule is CN(C)c1[nH+]cccc1-c1nc2ccc(Cl)cc2s1. The normalized spacial score (nSPS) is 10.9. The van der Waals surface area contributed by atoms with Crippen LogP contribution in [0.3, 0.4) is 0 Å². The first-order chi connectivity index (χ1) is 9.15. The average molecular weight is 291 g/mol. The molecule has 1 aromatic carbocycles. The van der Waals surface area contributed by atoms with Crippen LogP contribution in [-0.2, 0) is 0 Å². The second-order valence-corrected chi connectivity index (χ2v) is 5.92. The lowest BCUT2D eigenvalue weighted by Gasteiger charge is -2.06. The minimum atomic E-state index is 0.746. The van der Waals surface area contributed by atoms with Gasteiger partial charge in [-0.05, 0) is 30.3 Å². The molecule has 0 amide bonds. The zero-order chi connectivity index (χ0) is 13.4. The molecule has 0 aliphatic rings. The van der Waals surface area contributed by atoms with Crippen LogP contribution < -0.4 is 9.88 Å². The molecular weight excluding hydrogens is 278 g/mol. The topological polar surface area (TPSA) is 30.3 Å². The number of nitrogens with one attached hydrogen (secondary N) is 1. The first kappa shape index (κ1) is 12.4. The number of thiazole rings is 1. The highest BCUT2D eigenvalue weighted by Gasteiger charge is 2.17. The number of aromatic nitrogens is 2. The smallest absolute Gasteiger partial charge is 0.267 e. The number of nitrogens with zero attached hydrogens (tertiary/aromatic N) is 2. The number of hydrogen-bond acceptors (Lipinski definition) is 3. The molecule has 3 aromatic rings. The van der Waals surface area contributed by atoms with Gasteiger partial charge in [-0.25, -0.2) is 9.97 Å². The van der Waals surface area contributed by atoms with Gasteiger partial charge in [0.2, 0.25) is 0 Å². The van der Waals surface area contributed by atoms with Crippen molar-refractivity contribution in [3.05, 3.63) is 41.6 Å². The van der Waals surface area contributed by atoms with E-state index in [4.69, 9.17) is 11.6 Å². The Bertz CT molecular complexity index is 736. The molecule has 0 atom stereocenters. The van der Waals surface area contributed by atoms with E-state index in [1.165, 1.54) is 0 Å². The van der Waals surface area contributed by atoms with Gasteiger partial charge >= 0.3 is 0 Å². The number of pyridine rings is 1. The van der Waals surface area contributed by atoms with E-state index in [0.29, 0.717) is 0 Å². The Labute approximate surface area is 120 Å². The third-order valence-electron chi connectivity index (χ3n) is 2.86. The van der Waals surface area contributed by atoms with Gasteiger partial charge in [-0.1, -0.05) is 11.6 Å². The minimum absolute atomic E-state index is 0.746. The van der Waals surface area contributed by atoms with Crippen molar-refractivity contribution in [1.29, 1.82) is 0 Å². The Hall–Kier alpha value is -1.65. The summed E-state index contributed by atoms with van der Waals surface area (Å²) in [4.78, 5) is 9.99. The molecule has 19 heavy (non-hydrogen) atoms. The number of rotatable bonds is 2. The van der Waals surface area contributed by atoms with E-state index in [1.807, 2.05) is 49.5 Å². The third kappa shape index (κ3) is 2.29. The van der Waals surface area contributed by atoms with Gasteiger partial charge in [0.15, 0.2) is 0 Å². The molecule has 2 heterocycles. The van der Waals surface area contributed by atoms with Crippen LogP contribution in [0.25, 0.3) is 20.8 Å². The standard InChI is InChI=1S/C14H12ClN3S/c1-18(2)13-10(4-3-7-16-13)14-17-11-6-5-9(15)8-12(11)19-14/h3-8H,1-2H3/p+1. The van der Waals surface area contributed by atoms with Crippen molar-refractivity contribution in [3.8, 4) is 10.6 Å². The summed E-state index contributed by atoms with van der Waals surface area (Å²) in [5, 5.41) is 1.74. The molecular formula is C14H13ClN3S+. The Morgan fingerprint density at radius 3 is 2.89 bits per heavy atom. The van der Waals surface area contributed by atoms with Crippen LogP contribution in [0.5, 0.6) is 0 Å². The third-order valence-corrected chi connectivity index (χ3v) is 4.15. The quantitative estimate of drug-likeness (QED) is 0.723. The highest BCUT2D eigenvalue weighted by molar-refractivity contribution is 7.21. The molecule has 0 radical (unpaired) electrons. The Morgan fingerprint density at radius 1 is 1.26 bits per heavy atom. The van der Waals surface area contributed by atoms with Gasteiger partial charge in [-0.2, -0.15) is 0 Å². The van der Waals surface area contributed by atoms with E-state index in [-0.39, 0.29) is 0 Å². The van der Waals surface area contributed by atoms with Crippen molar-refractivity contribution in [3.63, 3.8) is 0 Å². The van der Waals surface area contributed by atoms with Crippen LogP contribution in [0.15, 0.2) is 36.5 Å². The van der Waals surface area contributed by atoms with Gasteiger partial charge in [0.05, 0.1) is 36.1 Å². The zero-order valence-corrected chi connectivity index (χ0v) is 12.2. The largest absolute Gasteiger partial charge is 0.284 e. The molecule has 0 unspecified atom stereocenters. The maximum absolute atomic E-state index is 6.02. The summed E-state index contributed by atoms with van der Waals surface area (Å²) in [5.41, 5.74) is 2.09. The molecule has 3 rings (SSSR count). The van der Waals surface area contributed by atoms with Gasteiger partial charge < -0.3 is 0 Å². The summed E-state index contributed by atoms with van der Waals surface area (Å²) >= 11 is 7.67. The van der Waals surface area contributed by atoms with Crippen LogP contribution in [0.4, 0.5) is 5.82 Å². The van der Waals surface area contributed by atoms with E-state index in [2.05, 4.69) is 16.0 Å². The van der Waals surface area contributed by atoms with Crippen LogP contribution in [0.2, 0.25) is 5.02 Å². The van der Waals surface area contributed by atoms with Crippen molar-refractivity contribution in [1.82, 2.24) is 4.98 Å². The molecule has 3 nitrogen and oxygen atoms in total. The average Bonchev–Trinajstić information content (AvgIpc) is 2.81. The van der Waals surface area contributed by atoms with Gasteiger partial charge in [0.25, 0.3) is 5.82 Å². The summed E-state index contributed by atoms with van der Waals surface area (Å²) in [6.45, 7) is 0. The maximum Gasteiger partial charge on any atom is 0.284 e. The highest BCUT2D eigenvalue weighted by Crippen LogP contribution is 2.34. The predicted octanol–water partition coefficient (Wildman–Crippen LogP) is 3.50. The summed E-state index contributed by atoms with van der Waals surface area (Å²) in [5.74, 6) is 1.05. The van der Waals surface area contributed by atoms with Gasteiger partial charge in [-0.3, -0.25) is 4.90 Å². The van der Waals surface area contributed by atoms with Crippen molar-refractivity contribution >= 4 is 39.0 Å². The molecule has 0 fully saturated rings. The summed E-state index contributed by atoms with van der Waals surface area (Å²) in [6.07, 6.45) is 1.92. The maximum atomic E-state index is 6.02. The fourth-order valence-corrected chi connectivity index (χ4v) is 3.25. The monoisotopic (exact) mass is 290 g/mol. The van der Waals surface area contributed by atoms with E-state index < -0.39 is 0 Å². The number of H-pyrrole nitrogens is 1. The lowest BCUT2D eigenvalue weighted by atomic mass is 10.2. The molecule has 0 aliphatic carbocycles. The number of fused-ring (bicyclic) bond motifs is 1. The Morgan fingerprint density at radius 2 is 2.11 bits per heavy atom. The molecule has 0 aliphatic heterocycles. The second kappa shape index (κ2) is 4.79. The van der Waals surface area contributed by atoms with Crippen LogP contribution in [-0.4, -0.2) is 19.1 Å². The predicted molar refractivity (Wildman–Crippen MR) is 80.9 cm³/mol. The first-order valence-electron chi connectivity index (χ1n) is 5.89. The molecule has 2 aromatic heterocycles. The van der Waals surface area contributed by atoms with Crippen molar-refractivity contribution < 1.29 is 4.98 Å². The van der Waals surface area contributed by atoms with Crippen LogP contribution >= 0.6 is 22.9 Å². The fourth-order valence-electron chi connectivity index (χ4n) is 1.98. The van der Waals surface area contributed by atoms with Crippen molar-refractivity contribution in [2.24, 2.45) is 0 Å². The van der Waals surface area contributed by atoms with Gasteiger partial charge in [-0.15, -0.1) is 11.3 Å². The summed E-state index contributed by atoms with van der Waals surface area (Å²) < 4.78 is 1.11. The lowest BCUT2D eigenvalue weighted by Crippen LogP contribution is -2.20. The molecule has 0 spiro atoms. The number of aromatic amines is 1. The molecule has 0 saturated carbocycles. The van der Waals surface area contributed by atoms with E-state index in [1.54, 1.807) is 11.3 Å². The summed E-state index contributed by atoms with van der Waals surface area (Å²) in [7, 11) is 4.03. The number of hydrogen-bond donors (Lipinski definition) is 0. The van der Waals surface area contributed by atoms with Gasteiger partial charge in [0.1, 0.15) is 5.01 Å².